The lowest BCUT2D eigenvalue weighted by Gasteiger charge is -2.18. The molecule has 0 radical (unpaired) electrons. The van der Waals surface area contributed by atoms with Crippen molar-refractivity contribution >= 4 is 5.91 Å². The molecule has 1 atom stereocenters. The third-order valence-electron chi connectivity index (χ3n) is 4.08. The van der Waals surface area contributed by atoms with E-state index in [1.54, 1.807) is 0 Å². The van der Waals surface area contributed by atoms with Gasteiger partial charge in [-0.3, -0.25) is 4.79 Å². The summed E-state index contributed by atoms with van der Waals surface area (Å²) < 4.78 is 11.4. The fraction of sp³-hybridized carbons (Fsp3) is 0.381. The second kappa shape index (κ2) is 9.84. The third-order valence-corrected chi connectivity index (χ3v) is 4.08. The van der Waals surface area contributed by atoms with Gasteiger partial charge in [-0.25, -0.2) is 0 Å². The Hall–Kier alpha value is -2.33. The second-order valence-corrected chi connectivity index (χ2v) is 6.09. The summed E-state index contributed by atoms with van der Waals surface area (Å²) in [7, 11) is 0. The van der Waals surface area contributed by atoms with Crippen LogP contribution >= 0.6 is 0 Å². The van der Waals surface area contributed by atoms with Crippen LogP contribution in [0.15, 0.2) is 48.5 Å². The summed E-state index contributed by atoms with van der Waals surface area (Å²) in [6.07, 6.45) is 0.125. The average Bonchev–Trinajstić information content (AvgIpc) is 2.63. The summed E-state index contributed by atoms with van der Waals surface area (Å²) in [6, 6.07) is 15.9. The lowest BCUT2D eigenvalue weighted by atomic mass is 10.1. The van der Waals surface area contributed by atoms with Gasteiger partial charge >= 0.3 is 0 Å². The summed E-state index contributed by atoms with van der Waals surface area (Å²) in [4.78, 5) is 12.3. The maximum Gasteiger partial charge on any atom is 0.261 e. The second-order valence-electron chi connectivity index (χ2n) is 6.09. The van der Waals surface area contributed by atoms with Crippen molar-refractivity contribution in [1.82, 2.24) is 5.32 Å². The first-order valence-electron chi connectivity index (χ1n) is 8.73. The zero-order valence-corrected chi connectivity index (χ0v) is 15.2. The Morgan fingerprint density at radius 2 is 1.84 bits per heavy atom. The SMILES string of the molecule is CC[C@@H](Oc1ccc(C)c(C)c1)C(=O)NCCOCc1ccccc1. The van der Waals surface area contributed by atoms with Gasteiger partial charge in [-0.05, 0) is 49.1 Å². The summed E-state index contributed by atoms with van der Waals surface area (Å²) in [5, 5.41) is 2.88. The highest BCUT2D eigenvalue weighted by Gasteiger charge is 2.18. The first-order chi connectivity index (χ1) is 12.1. The Morgan fingerprint density at radius 1 is 1.08 bits per heavy atom. The Labute approximate surface area is 150 Å². The molecular weight excluding hydrogens is 314 g/mol. The molecule has 0 saturated carbocycles. The highest BCUT2D eigenvalue weighted by atomic mass is 16.5. The fourth-order valence-corrected chi connectivity index (χ4v) is 2.40. The number of rotatable bonds is 9. The highest BCUT2D eigenvalue weighted by molar-refractivity contribution is 5.81. The first kappa shape index (κ1) is 19.0. The Bertz CT molecular complexity index is 670. The van der Waals surface area contributed by atoms with Crippen molar-refractivity contribution in [2.24, 2.45) is 0 Å². The number of benzene rings is 2. The van der Waals surface area contributed by atoms with Gasteiger partial charge in [0.05, 0.1) is 13.2 Å². The molecule has 0 spiro atoms. The van der Waals surface area contributed by atoms with Crippen LogP contribution in [0.4, 0.5) is 0 Å². The van der Waals surface area contributed by atoms with E-state index in [9.17, 15) is 4.79 Å². The Balaban J connectivity index is 1.73. The highest BCUT2D eigenvalue weighted by Crippen LogP contribution is 2.18. The molecule has 0 heterocycles. The molecule has 0 aliphatic carbocycles. The predicted molar refractivity (Wildman–Crippen MR) is 99.7 cm³/mol. The van der Waals surface area contributed by atoms with E-state index in [1.165, 1.54) is 5.56 Å². The van der Waals surface area contributed by atoms with Gasteiger partial charge in [-0.1, -0.05) is 43.3 Å². The number of carbonyl (C=O) groups excluding carboxylic acids is 1. The quantitative estimate of drug-likeness (QED) is 0.706. The van der Waals surface area contributed by atoms with Crippen molar-refractivity contribution in [3.05, 3.63) is 65.2 Å². The van der Waals surface area contributed by atoms with Crippen molar-refractivity contribution in [1.29, 1.82) is 0 Å². The van der Waals surface area contributed by atoms with E-state index >= 15 is 0 Å². The van der Waals surface area contributed by atoms with Gasteiger partial charge in [0.2, 0.25) is 0 Å². The maximum atomic E-state index is 12.3. The van der Waals surface area contributed by atoms with E-state index < -0.39 is 6.10 Å². The number of aryl methyl sites for hydroxylation is 2. The number of hydrogen-bond donors (Lipinski definition) is 1. The van der Waals surface area contributed by atoms with Crippen LogP contribution in [0.25, 0.3) is 0 Å². The van der Waals surface area contributed by atoms with Crippen LogP contribution in [-0.2, 0) is 16.1 Å². The predicted octanol–water partition coefficient (Wildman–Crippen LogP) is 3.79. The summed E-state index contributed by atoms with van der Waals surface area (Å²) in [5.74, 6) is 0.620. The van der Waals surface area contributed by atoms with E-state index in [2.05, 4.69) is 12.2 Å². The van der Waals surface area contributed by atoms with E-state index in [0.29, 0.717) is 26.2 Å². The Kier molecular flexibility index (Phi) is 7.48. The zero-order valence-electron chi connectivity index (χ0n) is 15.2. The third kappa shape index (κ3) is 6.24. The molecule has 1 N–H and O–H groups in total. The summed E-state index contributed by atoms with van der Waals surface area (Å²) in [5.41, 5.74) is 3.49. The van der Waals surface area contributed by atoms with Gasteiger partial charge in [-0.15, -0.1) is 0 Å². The molecule has 2 rings (SSSR count). The van der Waals surface area contributed by atoms with Crippen molar-refractivity contribution < 1.29 is 14.3 Å². The van der Waals surface area contributed by atoms with Crippen LogP contribution in [-0.4, -0.2) is 25.2 Å². The van der Waals surface area contributed by atoms with E-state index in [4.69, 9.17) is 9.47 Å². The minimum Gasteiger partial charge on any atom is -0.481 e. The zero-order chi connectivity index (χ0) is 18.1. The molecule has 0 unspecified atom stereocenters. The topological polar surface area (TPSA) is 47.6 Å². The van der Waals surface area contributed by atoms with Crippen LogP contribution in [0.5, 0.6) is 5.75 Å². The van der Waals surface area contributed by atoms with Crippen LogP contribution in [0.3, 0.4) is 0 Å². The van der Waals surface area contributed by atoms with Crippen molar-refractivity contribution in [2.45, 2.75) is 39.9 Å². The Morgan fingerprint density at radius 3 is 2.52 bits per heavy atom. The first-order valence-corrected chi connectivity index (χ1v) is 8.73. The minimum absolute atomic E-state index is 0.107. The van der Waals surface area contributed by atoms with E-state index in [0.717, 1.165) is 16.9 Å². The molecule has 2 aromatic rings. The molecule has 134 valence electrons. The van der Waals surface area contributed by atoms with E-state index in [1.807, 2.05) is 62.4 Å². The van der Waals surface area contributed by atoms with Gasteiger partial charge in [0, 0.05) is 6.54 Å². The number of hydrogen-bond acceptors (Lipinski definition) is 3. The van der Waals surface area contributed by atoms with Crippen LogP contribution in [0.2, 0.25) is 0 Å². The van der Waals surface area contributed by atoms with Crippen molar-refractivity contribution in [3.63, 3.8) is 0 Å². The normalized spacial score (nSPS) is 11.8. The van der Waals surface area contributed by atoms with Crippen LogP contribution < -0.4 is 10.1 Å². The number of carbonyl (C=O) groups is 1. The molecule has 1 amide bonds. The largest absolute Gasteiger partial charge is 0.481 e. The molecule has 2 aromatic carbocycles. The van der Waals surface area contributed by atoms with E-state index in [-0.39, 0.29) is 5.91 Å². The standard InChI is InChI=1S/C21H27NO3/c1-4-20(25-19-11-10-16(2)17(3)14-19)21(23)22-12-13-24-15-18-8-6-5-7-9-18/h5-11,14,20H,4,12-13,15H2,1-3H3,(H,22,23)/t20-/m1/s1. The molecule has 25 heavy (non-hydrogen) atoms. The molecule has 0 bridgehead atoms. The molecule has 0 aromatic heterocycles. The smallest absolute Gasteiger partial charge is 0.261 e. The number of nitrogens with one attached hydrogen (secondary N) is 1. The monoisotopic (exact) mass is 341 g/mol. The lowest BCUT2D eigenvalue weighted by molar-refractivity contribution is -0.128. The molecule has 4 nitrogen and oxygen atoms in total. The molecule has 0 fully saturated rings. The fourth-order valence-electron chi connectivity index (χ4n) is 2.40. The summed E-state index contributed by atoms with van der Waals surface area (Å²) >= 11 is 0. The lowest BCUT2D eigenvalue weighted by Crippen LogP contribution is -2.39. The van der Waals surface area contributed by atoms with Crippen LogP contribution in [0, 0.1) is 13.8 Å². The molecular formula is C21H27NO3. The molecule has 0 aliphatic rings. The van der Waals surface area contributed by atoms with Gasteiger partial charge in [-0.2, -0.15) is 0 Å². The van der Waals surface area contributed by atoms with Gasteiger partial charge < -0.3 is 14.8 Å². The van der Waals surface area contributed by atoms with Crippen molar-refractivity contribution in [3.8, 4) is 5.75 Å². The minimum atomic E-state index is -0.490. The number of amides is 1. The molecule has 0 aliphatic heterocycles. The number of ether oxygens (including phenoxy) is 2. The van der Waals surface area contributed by atoms with Gasteiger partial charge in [0.15, 0.2) is 6.10 Å². The van der Waals surface area contributed by atoms with Gasteiger partial charge in [0.25, 0.3) is 5.91 Å². The average molecular weight is 341 g/mol. The maximum absolute atomic E-state index is 12.3. The summed E-state index contributed by atoms with van der Waals surface area (Å²) in [6.45, 7) is 7.52. The van der Waals surface area contributed by atoms with Crippen LogP contribution in [0.1, 0.15) is 30.0 Å². The van der Waals surface area contributed by atoms with Gasteiger partial charge in [0.1, 0.15) is 5.75 Å². The molecule has 0 saturated heterocycles. The molecule has 4 heteroatoms. The van der Waals surface area contributed by atoms with Crippen molar-refractivity contribution in [2.75, 3.05) is 13.2 Å².